The fourth-order valence-electron chi connectivity index (χ4n) is 1.84. The fraction of sp³-hybridized carbons (Fsp3) is 0.545. The van der Waals surface area contributed by atoms with Crippen LogP contribution in [-0.4, -0.2) is 20.6 Å². The van der Waals surface area contributed by atoms with E-state index in [0.29, 0.717) is 24.1 Å². The molecular weight excluding hydrogens is 208 g/mol. The van der Waals surface area contributed by atoms with Crippen LogP contribution in [0.15, 0.2) is 4.79 Å². The summed E-state index contributed by atoms with van der Waals surface area (Å²) >= 11 is 0. The molecule has 5 nitrogen and oxygen atoms in total. The van der Waals surface area contributed by atoms with Gasteiger partial charge in [-0.3, -0.25) is 9.36 Å². The summed E-state index contributed by atoms with van der Waals surface area (Å²) in [6.07, 6.45) is 1.13. The highest BCUT2D eigenvalue weighted by Crippen LogP contribution is 2.12. The lowest BCUT2D eigenvalue weighted by molar-refractivity contribution is -0.136. The third-order valence-electron chi connectivity index (χ3n) is 2.62. The van der Waals surface area contributed by atoms with Crippen LogP contribution in [-0.2, 0) is 31.1 Å². The van der Waals surface area contributed by atoms with E-state index in [1.54, 1.807) is 7.05 Å². The second-order valence-corrected chi connectivity index (χ2v) is 3.60. The smallest absolute Gasteiger partial charge is 0.347 e. The maximum Gasteiger partial charge on any atom is 0.347 e. The number of nitrogens with zero attached hydrogens (tertiary/aromatic N) is 2. The Hall–Kier alpha value is -1.65. The summed E-state index contributed by atoms with van der Waals surface area (Å²) in [5, 5.41) is 8.85. The van der Waals surface area contributed by atoms with Crippen molar-refractivity contribution in [2.24, 2.45) is 7.05 Å². The van der Waals surface area contributed by atoms with Gasteiger partial charge in [0.1, 0.15) is 0 Å². The summed E-state index contributed by atoms with van der Waals surface area (Å²) in [5.41, 5.74) is 1.73. The summed E-state index contributed by atoms with van der Waals surface area (Å²) < 4.78 is 1.43. The topological polar surface area (TPSA) is 72.2 Å². The monoisotopic (exact) mass is 224 g/mol. The molecule has 0 saturated carbocycles. The van der Waals surface area contributed by atoms with E-state index in [-0.39, 0.29) is 12.1 Å². The molecule has 0 bridgehead atoms. The first-order valence-electron chi connectivity index (χ1n) is 5.30. The van der Waals surface area contributed by atoms with E-state index in [9.17, 15) is 9.59 Å². The van der Waals surface area contributed by atoms with Gasteiger partial charge in [-0.05, 0) is 12.8 Å². The Kier molecular flexibility index (Phi) is 3.82. The molecule has 0 saturated heterocycles. The average Bonchev–Trinajstić information content (AvgIpc) is 2.23. The molecule has 0 fully saturated rings. The summed E-state index contributed by atoms with van der Waals surface area (Å²) in [4.78, 5) is 26.2. The molecular formula is C11H16N2O3. The van der Waals surface area contributed by atoms with E-state index in [0.717, 1.165) is 5.69 Å². The number of aryl methyl sites for hydroxylation is 1. The average molecular weight is 224 g/mol. The normalized spacial score (nSPS) is 10.4. The summed E-state index contributed by atoms with van der Waals surface area (Å²) in [6.45, 7) is 3.77. The zero-order chi connectivity index (χ0) is 12.3. The van der Waals surface area contributed by atoms with E-state index in [1.165, 1.54) is 4.57 Å². The maximum absolute atomic E-state index is 11.5. The predicted molar refractivity (Wildman–Crippen MR) is 59.6 cm³/mol. The molecule has 1 aromatic heterocycles. The highest BCUT2D eigenvalue weighted by Gasteiger charge is 2.15. The van der Waals surface area contributed by atoms with Crippen molar-refractivity contribution >= 4 is 5.97 Å². The number of rotatable bonds is 4. The highest BCUT2D eigenvalue weighted by atomic mass is 16.4. The number of aliphatic carboxylic acids is 1. The van der Waals surface area contributed by atoms with Crippen LogP contribution >= 0.6 is 0 Å². The van der Waals surface area contributed by atoms with Crippen LogP contribution in [0.1, 0.15) is 30.8 Å². The van der Waals surface area contributed by atoms with E-state index in [4.69, 9.17) is 5.11 Å². The molecule has 1 rings (SSSR count). The fourth-order valence-corrected chi connectivity index (χ4v) is 1.84. The summed E-state index contributed by atoms with van der Waals surface area (Å²) in [5.74, 6) is -0.898. The molecule has 88 valence electrons. The van der Waals surface area contributed by atoms with Crippen LogP contribution in [0.2, 0.25) is 0 Å². The van der Waals surface area contributed by atoms with Gasteiger partial charge in [0, 0.05) is 18.3 Å². The highest BCUT2D eigenvalue weighted by molar-refractivity contribution is 5.71. The molecule has 0 radical (unpaired) electrons. The van der Waals surface area contributed by atoms with Crippen molar-refractivity contribution in [2.75, 3.05) is 0 Å². The molecule has 0 amide bonds. The molecule has 0 aliphatic heterocycles. The van der Waals surface area contributed by atoms with Gasteiger partial charge in [0.15, 0.2) is 0 Å². The first kappa shape index (κ1) is 12.4. The molecule has 1 N–H and O–H groups in total. The van der Waals surface area contributed by atoms with Crippen molar-refractivity contribution in [3.05, 3.63) is 27.4 Å². The molecule has 1 aromatic rings. The first-order chi connectivity index (χ1) is 7.51. The minimum atomic E-state index is -0.898. The second kappa shape index (κ2) is 4.92. The molecule has 0 aliphatic rings. The third-order valence-corrected chi connectivity index (χ3v) is 2.62. The van der Waals surface area contributed by atoms with Gasteiger partial charge in [-0.2, -0.15) is 4.98 Å². The van der Waals surface area contributed by atoms with Crippen LogP contribution in [0.3, 0.4) is 0 Å². The Morgan fingerprint density at radius 1 is 1.38 bits per heavy atom. The lowest BCUT2D eigenvalue weighted by Gasteiger charge is -2.13. The minimum Gasteiger partial charge on any atom is -0.481 e. The Morgan fingerprint density at radius 3 is 2.44 bits per heavy atom. The van der Waals surface area contributed by atoms with Crippen molar-refractivity contribution in [2.45, 2.75) is 33.1 Å². The summed E-state index contributed by atoms with van der Waals surface area (Å²) in [6, 6.07) is 0. The van der Waals surface area contributed by atoms with Crippen LogP contribution < -0.4 is 5.69 Å². The number of carboxylic acid groups (broad SMARTS) is 1. The SMILES string of the molecule is CCc1nc(=O)n(C)c(CC)c1CC(=O)O. The minimum absolute atomic E-state index is 0.0759. The van der Waals surface area contributed by atoms with Crippen molar-refractivity contribution in [1.82, 2.24) is 9.55 Å². The van der Waals surface area contributed by atoms with Crippen molar-refractivity contribution in [1.29, 1.82) is 0 Å². The van der Waals surface area contributed by atoms with Crippen LogP contribution in [0.5, 0.6) is 0 Å². The van der Waals surface area contributed by atoms with Gasteiger partial charge in [-0.1, -0.05) is 13.8 Å². The largest absolute Gasteiger partial charge is 0.481 e. The maximum atomic E-state index is 11.5. The first-order valence-corrected chi connectivity index (χ1v) is 5.30. The van der Waals surface area contributed by atoms with Gasteiger partial charge < -0.3 is 5.11 Å². The van der Waals surface area contributed by atoms with Crippen molar-refractivity contribution in [3.8, 4) is 0 Å². The van der Waals surface area contributed by atoms with E-state index < -0.39 is 5.97 Å². The number of hydrogen-bond acceptors (Lipinski definition) is 3. The van der Waals surface area contributed by atoms with Crippen LogP contribution in [0.25, 0.3) is 0 Å². The lowest BCUT2D eigenvalue weighted by atomic mass is 10.0. The molecule has 0 aromatic carbocycles. The standard InChI is InChI=1S/C11H16N2O3/c1-4-8-7(6-10(14)15)9(5-2)13(3)11(16)12-8/h4-6H2,1-3H3,(H,14,15). The Balaban J connectivity index is 3.46. The van der Waals surface area contributed by atoms with Gasteiger partial charge >= 0.3 is 11.7 Å². The van der Waals surface area contributed by atoms with Gasteiger partial charge in [-0.15, -0.1) is 0 Å². The number of carboxylic acids is 1. The number of carbonyl (C=O) groups is 1. The molecule has 0 spiro atoms. The molecule has 0 unspecified atom stereocenters. The quantitative estimate of drug-likeness (QED) is 0.809. The Labute approximate surface area is 93.8 Å². The third kappa shape index (κ3) is 2.29. The van der Waals surface area contributed by atoms with E-state index in [1.807, 2.05) is 13.8 Å². The summed E-state index contributed by atoms with van der Waals surface area (Å²) in [7, 11) is 1.62. The molecule has 16 heavy (non-hydrogen) atoms. The molecule has 0 atom stereocenters. The van der Waals surface area contributed by atoms with Crippen molar-refractivity contribution in [3.63, 3.8) is 0 Å². The number of hydrogen-bond donors (Lipinski definition) is 1. The van der Waals surface area contributed by atoms with Gasteiger partial charge in [-0.25, -0.2) is 4.79 Å². The Morgan fingerprint density at radius 2 is 2.00 bits per heavy atom. The predicted octanol–water partition coefficient (Wildman–Crippen LogP) is 0.532. The van der Waals surface area contributed by atoms with Crippen LogP contribution in [0.4, 0.5) is 0 Å². The van der Waals surface area contributed by atoms with E-state index in [2.05, 4.69) is 4.98 Å². The van der Waals surface area contributed by atoms with Crippen LogP contribution in [0, 0.1) is 0 Å². The van der Waals surface area contributed by atoms with E-state index >= 15 is 0 Å². The molecule has 1 heterocycles. The van der Waals surface area contributed by atoms with Crippen molar-refractivity contribution < 1.29 is 9.90 Å². The van der Waals surface area contributed by atoms with Gasteiger partial charge in [0.05, 0.1) is 12.1 Å². The lowest BCUT2D eigenvalue weighted by Crippen LogP contribution is -2.28. The molecule has 0 aliphatic carbocycles. The van der Waals surface area contributed by atoms with Gasteiger partial charge in [0.25, 0.3) is 0 Å². The molecule has 5 heteroatoms. The number of aromatic nitrogens is 2. The van der Waals surface area contributed by atoms with Gasteiger partial charge in [0.2, 0.25) is 0 Å². The second-order valence-electron chi connectivity index (χ2n) is 3.60. The Bertz CT molecular complexity index is 463. The zero-order valence-corrected chi connectivity index (χ0v) is 9.78. The zero-order valence-electron chi connectivity index (χ0n) is 9.78.